The summed E-state index contributed by atoms with van der Waals surface area (Å²) < 4.78 is 10.3. The molecule has 6 nitrogen and oxygen atoms in total. The molecule has 2 aromatic carbocycles. The number of benzene rings is 2. The van der Waals surface area contributed by atoms with Gasteiger partial charge >= 0.3 is 5.97 Å². The van der Waals surface area contributed by atoms with Crippen LogP contribution in [0.15, 0.2) is 54.6 Å². The molecule has 3 rings (SSSR count). The highest BCUT2D eigenvalue weighted by molar-refractivity contribution is 6.12. The van der Waals surface area contributed by atoms with Crippen LogP contribution in [0.4, 0.5) is 5.69 Å². The number of pyridine rings is 1. The van der Waals surface area contributed by atoms with E-state index in [1.165, 1.54) is 0 Å². The third-order valence-electron chi connectivity index (χ3n) is 4.33. The third kappa shape index (κ3) is 5.10. The van der Waals surface area contributed by atoms with E-state index in [9.17, 15) is 9.59 Å². The zero-order valence-electron chi connectivity index (χ0n) is 16.8. The zero-order chi connectivity index (χ0) is 20.8. The predicted octanol–water partition coefficient (Wildman–Crippen LogP) is 4.55. The number of fused-ring (bicyclic) bond motifs is 1. The first-order chi connectivity index (χ1) is 14.0. The molecule has 3 aromatic rings. The van der Waals surface area contributed by atoms with Crippen LogP contribution in [-0.2, 0) is 9.53 Å². The van der Waals surface area contributed by atoms with Gasteiger partial charge < -0.3 is 14.8 Å². The maximum atomic E-state index is 13.0. The van der Waals surface area contributed by atoms with Crippen LogP contribution in [0.25, 0.3) is 10.9 Å². The molecular weight excluding hydrogens is 368 g/mol. The first-order valence-corrected chi connectivity index (χ1v) is 9.57. The van der Waals surface area contributed by atoms with Gasteiger partial charge in [0, 0.05) is 22.8 Å². The number of rotatable bonds is 7. The van der Waals surface area contributed by atoms with E-state index in [1.807, 2.05) is 44.2 Å². The number of aromatic nitrogens is 1. The smallest absolute Gasteiger partial charge is 0.344 e. The number of carbonyl (C=O) groups excluding carboxylic acids is 2. The zero-order valence-corrected chi connectivity index (χ0v) is 16.8. The van der Waals surface area contributed by atoms with E-state index in [2.05, 4.69) is 10.3 Å². The molecule has 0 saturated heterocycles. The first kappa shape index (κ1) is 20.3. The molecule has 0 atom stereocenters. The van der Waals surface area contributed by atoms with Crippen LogP contribution in [0.3, 0.4) is 0 Å². The van der Waals surface area contributed by atoms with E-state index in [0.29, 0.717) is 23.6 Å². The standard InChI is InChI=1S/C23H24N2O4/c1-4-28-22(26)14-29-17-9-7-8-16(12-17)24-23(27)19-13-21(15(2)3)25-20-11-6-5-10-18(19)20/h5-13,15H,4,14H2,1-3H3,(H,24,27). The lowest BCUT2D eigenvalue weighted by Crippen LogP contribution is -2.15. The van der Waals surface area contributed by atoms with Crippen LogP contribution in [0.1, 0.15) is 42.7 Å². The van der Waals surface area contributed by atoms with Gasteiger partial charge in [0.25, 0.3) is 5.91 Å². The average Bonchev–Trinajstić information content (AvgIpc) is 2.72. The first-order valence-electron chi connectivity index (χ1n) is 9.57. The van der Waals surface area contributed by atoms with Crippen molar-refractivity contribution in [3.63, 3.8) is 0 Å². The third-order valence-corrected chi connectivity index (χ3v) is 4.33. The molecule has 0 radical (unpaired) electrons. The summed E-state index contributed by atoms with van der Waals surface area (Å²) in [6, 6.07) is 16.3. The molecule has 29 heavy (non-hydrogen) atoms. The maximum absolute atomic E-state index is 13.0. The molecule has 0 aliphatic rings. The molecule has 150 valence electrons. The summed E-state index contributed by atoms with van der Waals surface area (Å²) in [6.45, 7) is 5.95. The van der Waals surface area contributed by atoms with Gasteiger partial charge in [-0.3, -0.25) is 9.78 Å². The monoisotopic (exact) mass is 392 g/mol. The van der Waals surface area contributed by atoms with E-state index >= 15 is 0 Å². The largest absolute Gasteiger partial charge is 0.482 e. The molecule has 0 bridgehead atoms. The SMILES string of the molecule is CCOC(=O)COc1cccc(NC(=O)c2cc(C(C)C)nc3ccccc23)c1. The highest BCUT2D eigenvalue weighted by Crippen LogP contribution is 2.24. The Balaban J connectivity index is 1.82. The van der Waals surface area contributed by atoms with E-state index in [-0.39, 0.29) is 18.4 Å². The van der Waals surface area contributed by atoms with Crippen LogP contribution in [0, 0.1) is 0 Å². The van der Waals surface area contributed by atoms with E-state index in [1.54, 1.807) is 31.2 Å². The van der Waals surface area contributed by atoms with Gasteiger partial charge in [-0.25, -0.2) is 4.79 Å². The number of para-hydroxylation sites is 1. The topological polar surface area (TPSA) is 77.5 Å². The van der Waals surface area contributed by atoms with Crippen molar-refractivity contribution in [3.05, 3.63) is 65.9 Å². The quantitative estimate of drug-likeness (QED) is 0.597. The second kappa shape index (κ2) is 9.19. The molecule has 0 aliphatic carbocycles. The average molecular weight is 392 g/mol. The second-order valence-corrected chi connectivity index (χ2v) is 6.84. The molecule has 6 heteroatoms. The number of nitrogens with zero attached hydrogens (tertiary/aromatic N) is 1. The van der Waals surface area contributed by atoms with Gasteiger partial charge in [0.15, 0.2) is 6.61 Å². The summed E-state index contributed by atoms with van der Waals surface area (Å²) in [7, 11) is 0. The summed E-state index contributed by atoms with van der Waals surface area (Å²) >= 11 is 0. The van der Waals surface area contributed by atoms with Crippen LogP contribution < -0.4 is 10.1 Å². The van der Waals surface area contributed by atoms with Crippen LogP contribution in [0.5, 0.6) is 5.75 Å². The van der Waals surface area contributed by atoms with Crippen molar-refractivity contribution in [3.8, 4) is 5.75 Å². The second-order valence-electron chi connectivity index (χ2n) is 6.84. The number of carbonyl (C=O) groups is 2. The number of hydrogen-bond acceptors (Lipinski definition) is 5. The maximum Gasteiger partial charge on any atom is 0.344 e. The Morgan fingerprint density at radius 1 is 1.07 bits per heavy atom. The lowest BCUT2D eigenvalue weighted by molar-refractivity contribution is -0.145. The lowest BCUT2D eigenvalue weighted by Gasteiger charge is -2.13. The van der Waals surface area contributed by atoms with Crippen molar-refractivity contribution >= 4 is 28.5 Å². The van der Waals surface area contributed by atoms with E-state index in [0.717, 1.165) is 16.6 Å². The predicted molar refractivity (Wildman–Crippen MR) is 112 cm³/mol. The molecule has 0 spiro atoms. The van der Waals surface area contributed by atoms with Gasteiger partial charge in [-0.05, 0) is 37.1 Å². The minimum Gasteiger partial charge on any atom is -0.482 e. The van der Waals surface area contributed by atoms with Gasteiger partial charge in [0.05, 0.1) is 17.7 Å². The van der Waals surface area contributed by atoms with Gasteiger partial charge in [-0.2, -0.15) is 0 Å². The van der Waals surface area contributed by atoms with Crippen LogP contribution in [-0.4, -0.2) is 30.1 Å². The highest BCUT2D eigenvalue weighted by atomic mass is 16.6. The van der Waals surface area contributed by atoms with E-state index < -0.39 is 5.97 Å². The van der Waals surface area contributed by atoms with Crippen molar-refractivity contribution in [2.24, 2.45) is 0 Å². The van der Waals surface area contributed by atoms with Gasteiger partial charge in [0.2, 0.25) is 0 Å². The van der Waals surface area contributed by atoms with Crippen molar-refractivity contribution in [1.29, 1.82) is 0 Å². The van der Waals surface area contributed by atoms with Crippen LogP contribution >= 0.6 is 0 Å². The molecule has 0 aliphatic heterocycles. The number of anilines is 1. The Labute approximate surface area is 169 Å². The normalized spacial score (nSPS) is 10.8. The molecule has 1 aromatic heterocycles. The Morgan fingerprint density at radius 3 is 2.62 bits per heavy atom. The van der Waals surface area contributed by atoms with Crippen molar-refractivity contribution in [2.45, 2.75) is 26.7 Å². The van der Waals surface area contributed by atoms with Crippen molar-refractivity contribution < 1.29 is 19.1 Å². The lowest BCUT2D eigenvalue weighted by atomic mass is 10.0. The number of nitrogens with one attached hydrogen (secondary N) is 1. The summed E-state index contributed by atoms with van der Waals surface area (Å²) in [5.41, 5.74) is 2.79. The van der Waals surface area contributed by atoms with Crippen molar-refractivity contribution in [1.82, 2.24) is 4.98 Å². The minimum atomic E-state index is -0.439. The minimum absolute atomic E-state index is 0.183. The Bertz CT molecular complexity index is 1030. The molecule has 0 saturated carbocycles. The summed E-state index contributed by atoms with van der Waals surface area (Å²) in [4.78, 5) is 29.1. The molecule has 1 heterocycles. The molecular formula is C23H24N2O4. The number of amides is 1. The van der Waals surface area contributed by atoms with Gasteiger partial charge in [0.1, 0.15) is 5.75 Å². The van der Waals surface area contributed by atoms with Crippen molar-refractivity contribution in [2.75, 3.05) is 18.5 Å². The number of esters is 1. The highest BCUT2D eigenvalue weighted by Gasteiger charge is 2.15. The van der Waals surface area contributed by atoms with E-state index in [4.69, 9.17) is 9.47 Å². The Hall–Kier alpha value is -3.41. The number of ether oxygens (including phenoxy) is 2. The fourth-order valence-electron chi connectivity index (χ4n) is 2.89. The molecule has 0 fully saturated rings. The molecule has 1 N–H and O–H groups in total. The fraction of sp³-hybridized carbons (Fsp3) is 0.261. The number of hydrogen-bond donors (Lipinski definition) is 1. The molecule has 0 unspecified atom stereocenters. The summed E-state index contributed by atoms with van der Waals surface area (Å²) in [6.07, 6.45) is 0. The van der Waals surface area contributed by atoms with Gasteiger partial charge in [-0.15, -0.1) is 0 Å². The van der Waals surface area contributed by atoms with Crippen LogP contribution in [0.2, 0.25) is 0 Å². The summed E-state index contributed by atoms with van der Waals surface area (Å²) in [5, 5.41) is 3.70. The molecule has 1 amide bonds. The summed E-state index contributed by atoms with van der Waals surface area (Å²) in [5.74, 6) is 0.00326. The Morgan fingerprint density at radius 2 is 1.86 bits per heavy atom. The Kier molecular flexibility index (Phi) is 6.44. The fourth-order valence-corrected chi connectivity index (χ4v) is 2.89. The van der Waals surface area contributed by atoms with Gasteiger partial charge in [-0.1, -0.05) is 38.1 Å².